The Morgan fingerprint density at radius 2 is 1.83 bits per heavy atom. The molecule has 7 heteroatoms. The molecule has 3 heterocycles. The molecular formula is C29H35N7. The van der Waals surface area contributed by atoms with Crippen molar-refractivity contribution in [3.63, 3.8) is 0 Å². The number of nitrogens with one attached hydrogen (secondary N) is 3. The van der Waals surface area contributed by atoms with Crippen molar-refractivity contribution in [3.05, 3.63) is 53.6 Å². The van der Waals surface area contributed by atoms with Gasteiger partial charge in [0.2, 0.25) is 0 Å². The molecule has 1 saturated carbocycles. The van der Waals surface area contributed by atoms with Crippen molar-refractivity contribution >= 4 is 21.8 Å². The van der Waals surface area contributed by atoms with Crippen molar-refractivity contribution in [2.45, 2.75) is 44.2 Å². The summed E-state index contributed by atoms with van der Waals surface area (Å²) in [5.74, 6) is 0. The normalized spacial score (nSPS) is 19.1. The average Bonchev–Trinajstić information content (AvgIpc) is 3.54. The molecule has 36 heavy (non-hydrogen) atoms. The number of piperazine rings is 1. The third kappa shape index (κ3) is 4.30. The van der Waals surface area contributed by atoms with E-state index >= 15 is 0 Å². The van der Waals surface area contributed by atoms with E-state index in [1.807, 2.05) is 18.2 Å². The Hall–Kier alpha value is -3.18. The lowest BCUT2D eigenvalue weighted by Gasteiger charge is -2.49. The van der Waals surface area contributed by atoms with Gasteiger partial charge in [0.25, 0.3) is 0 Å². The Bertz CT molecular complexity index is 1390. The van der Waals surface area contributed by atoms with Gasteiger partial charge in [0.05, 0.1) is 22.8 Å². The summed E-state index contributed by atoms with van der Waals surface area (Å²) in [4.78, 5) is 8.81. The van der Waals surface area contributed by atoms with Gasteiger partial charge in [-0.25, -0.2) is 0 Å². The van der Waals surface area contributed by atoms with Crippen LogP contribution in [0.3, 0.4) is 0 Å². The topological polar surface area (TPSA) is 86.8 Å². The molecule has 2 aromatic heterocycles. The number of hydrogen-bond donors (Lipinski definition) is 3. The molecule has 1 aliphatic heterocycles. The number of rotatable bonds is 6. The summed E-state index contributed by atoms with van der Waals surface area (Å²) < 4.78 is 0. The number of nitrogens with zero attached hydrogens (tertiary/aromatic N) is 4. The number of likely N-dealkylation sites (N-methyl/N-ethyl adjacent to an activating group) is 1. The quantitative estimate of drug-likeness (QED) is 0.374. The smallest absolute Gasteiger partial charge is 0.116 e. The van der Waals surface area contributed by atoms with Gasteiger partial charge < -0.3 is 15.2 Å². The molecule has 186 valence electrons. The standard InChI is InChI=1S/C29H35N7/c1-35-12-14-36(15-13-35)29(10-3-2-4-11-29)20-31-19-22-6-5-7-25-24(22)17-27(32-25)28-23-9-8-21(18-30)16-26(23)33-34-28/h5-9,16-17,31-32H,2-4,10-15,19-20H2,1H3,(H,33,34). The van der Waals surface area contributed by atoms with Crippen molar-refractivity contribution < 1.29 is 0 Å². The first kappa shape index (κ1) is 23.2. The summed E-state index contributed by atoms with van der Waals surface area (Å²) in [6, 6.07) is 16.6. The highest BCUT2D eigenvalue weighted by atomic mass is 15.3. The summed E-state index contributed by atoms with van der Waals surface area (Å²) in [5.41, 5.74) is 6.13. The van der Waals surface area contributed by atoms with Gasteiger partial charge in [-0.05, 0) is 55.8 Å². The van der Waals surface area contributed by atoms with Gasteiger partial charge in [-0.2, -0.15) is 10.4 Å². The summed E-state index contributed by atoms with van der Waals surface area (Å²) in [6.45, 7) is 6.62. The molecule has 0 unspecified atom stereocenters. The predicted molar refractivity (Wildman–Crippen MR) is 145 cm³/mol. The van der Waals surface area contributed by atoms with E-state index in [0.29, 0.717) is 11.1 Å². The summed E-state index contributed by atoms with van der Waals surface area (Å²) in [6.07, 6.45) is 6.68. The predicted octanol–water partition coefficient (Wildman–Crippen LogP) is 4.62. The van der Waals surface area contributed by atoms with Crippen LogP contribution in [-0.2, 0) is 6.54 Å². The van der Waals surface area contributed by atoms with Gasteiger partial charge in [0, 0.05) is 61.1 Å². The Labute approximate surface area is 212 Å². The van der Waals surface area contributed by atoms with Crippen LogP contribution in [0.25, 0.3) is 33.2 Å². The molecule has 1 aliphatic carbocycles. The van der Waals surface area contributed by atoms with E-state index in [-0.39, 0.29) is 0 Å². The number of H-pyrrole nitrogens is 2. The first-order chi connectivity index (χ1) is 17.6. The van der Waals surface area contributed by atoms with Gasteiger partial charge in [-0.1, -0.05) is 31.4 Å². The van der Waals surface area contributed by atoms with Crippen LogP contribution in [0.5, 0.6) is 0 Å². The molecule has 2 aromatic carbocycles. The second kappa shape index (κ2) is 9.70. The minimum Gasteiger partial charge on any atom is -0.353 e. The fraction of sp³-hybridized carbons (Fsp3) is 0.448. The van der Waals surface area contributed by atoms with Crippen LogP contribution in [-0.4, -0.2) is 70.3 Å². The van der Waals surface area contributed by atoms with Crippen molar-refractivity contribution in [2.24, 2.45) is 0 Å². The van der Waals surface area contributed by atoms with Crippen LogP contribution in [0.15, 0.2) is 42.5 Å². The summed E-state index contributed by atoms with van der Waals surface area (Å²) >= 11 is 0. The maximum absolute atomic E-state index is 9.20. The molecule has 0 atom stereocenters. The van der Waals surface area contributed by atoms with Gasteiger partial charge in [0.15, 0.2) is 0 Å². The first-order valence-corrected chi connectivity index (χ1v) is 13.3. The Balaban J connectivity index is 1.22. The zero-order valence-electron chi connectivity index (χ0n) is 21.1. The molecule has 3 N–H and O–H groups in total. The van der Waals surface area contributed by atoms with Gasteiger partial charge in [-0.3, -0.25) is 10.00 Å². The third-order valence-electron chi connectivity index (χ3n) is 8.43. The highest BCUT2D eigenvalue weighted by Gasteiger charge is 2.38. The molecule has 2 fully saturated rings. The number of benzene rings is 2. The Morgan fingerprint density at radius 3 is 2.64 bits per heavy atom. The number of nitriles is 1. The lowest BCUT2D eigenvalue weighted by molar-refractivity contribution is 0.0136. The highest BCUT2D eigenvalue weighted by molar-refractivity contribution is 5.96. The minimum atomic E-state index is 0.299. The average molecular weight is 482 g/mol. The maximum Gasteiger partial charge on any atom is 0.116 e. The number of aromatic amines is 2. The third-order valence-corrected chi connectivity index (χ3v) is 8.43. The maximum atomic E-state index is 9.20. The minimum absolute atomic E-state index is 0.299. The van der Waals surface area contributed by atoms with Crippen LogP contribution in [0, 0.1) is 11.3 Å². The fourth-order valence-electron chi connectivity index (χ4n) is 6.32. The van der Waals surface area contributed by atoms with Crippen molar-refractivity contribution in [1.29, 1.82) is 5.26 Å². The molecule has 0 bridgehead atoms. The first-order valence-electron chi connectivity index (χ1n) is 13.3. The van der Waals surface area contributed by atoms with Crippen LogP contribution in [0.2, 0.25) is 0 Å². The second-order valence-corrected chi connectivity index (χ2v) is 10.7. The molecule has 4 aromatic rings. The lowest BCUT2D eigenvalue weighted by Crippen LogP contribution is -2.61. The van der Waals surface area contributed by atoms with Crippen LogP contribution in [0.4, 0.5) is 0 Å². The molecule has 6 rings (SSSR count). The van der Waals surface area contributed by atoms with Crippen LogP contribution < -0.4 is 5.32 Å². The molecule has 1 saturated heterocycles. The van der Waals surface area contributed by atoms with Gasteiger partial charge >= 0.3 is 0 Å². The van der Waals surface area contributed by atoms with Crippen molar-refractivity contribution in [2.75, 3.05) is 39.8 Å². The molecule has 0 amide bonds. The number of aromatic nitrogens is 3. The second-order valence-electron chi connectivity index (χ2n) is 10.7. The molecule has 0 spiro atoms. The zero-order chi connectivity index (χ0) is 24.5. The SMILES string of the molecule is CN1CCN(C2(CNCc3cccc4[nH]c(-c5n[nH]c6cc(C#N)ccc56)cc34)CCCCC2)CC1. The molecule has 7 nitrogen and oxygen atoms in total. The van der Waals surface area contributed by atoms with E-state index in [0.717, 1.165) is 40.9 Å². The van der Waals surface area contributed by atoms with Gasteiger partial charge in [-0.15, -0.1) is 0 Å². The van der Waals surface area contributed by atoms with E-state index in [2.05, 4.69) is 67.7 Å². The highest BCUT2D eigenvalue weighted by Crippen LogP contribution is 2.35. The number of fused-ring (bicyclic) bond motifs is 2. The number of hydrogen-bond acceptors (Lipinski definition) is 5. The largest absolute Gasteiger partial charge is 0.353 e. The Morgan fingerprint density at radius 1 is 1.00 bits per heavy atom. The van der Waals surface area contributed by atoms with Crippen molar-refractivity contribution in [1.82, 2.24) is 30.3 Å². The lowest BCUT2D eigenvalue weighted by atomic mass is 9.79. The molecule has 0 radical (unpaired) electrons. The molecule has 2 aliphatic rings. The van der Waals surface area contributed by atoms with E-state index in [1.54, 1.807) is 0 Å². The summed E-state index contributed by atoms with van der Waals surface area (Å²) in [5, 5.41) is 23.0. The van der Waals surface area contributed by atoms with Crippen molar-refractivity contribution in [3.8, 4) is 17.5 Å². The fourth-order valence-corrected chi connectivity index (χ4v) is 6.32. The van der Waals surface area contributed by atoms with Crippen LogP contribution >= 0.6 is 0 Å². The zero-order valence-corrected chi connectivity index (χ0v) is 21.1. The summed E-state index contributed by atoms with van der Waals surface area (Å²) in [7, 11) is 2.24. The van der Waals surface area contributed by atoms with E-state index in [1.165, 1.54) is 69.2 Å². The Kier molecular flexibility index (Phi) is 6.26. The monoisotopic (exact) mass is 481 g/mol. The van der Waals surface area contributed by atoms with Crippen LogP contribution in [0.1, 0.15) is 43.2 Å². The van der Waals surface area contributed by atoms with Gasteiger partial charge in [0.1, 0.15) is 5.69 Å². The van der Waals surface area contributed by atoms with E-state index < -0.39 is 0 Å². The van der Waals surface area contributed by atoms with E-state index in [4.69, 9.17) is 0 Å². The van der Waals surface area contributed by atoms with E-state index in [9.17, 15) is 5.26 Å². The molecular weight excluding hydrogens is 446 g/mol.